The molecule has 1 rings (SSSR count). The monoisotopic (exact) mass is 216 g/mol. The maximum Gasteiger partial charge on any atom is 0.0796 e. The van der Waals surface area contributed by atoms with Crippen molar-refractivity contribution in [2.45, 2.75) is 57.8 Å². The van der Waals surface area contributed by atoms with Crippen molar-refractivity contribution in [3.05, 3.63) is 0 Å². The third-order valence-electron chi connectivity index (χ3n) is 3.18. The second kappa shape index (κ2) is 6.46. The molecule has 90 valence electrons. The van der Waals surface area contributed by atoms with Crippen molar-refractivity contribution < 1.29 is 14.6 Å². The molecule has 0 aromatic rings. The van der Waals surface area contributed by atoms with Gasteiger partial charge in [0.05, 0.1) is 24.9 Å². The SMILES string of the molecule is COC1CCCC(OCC(O)C(C)C)C1. The zero-order chi connectivity index (χ0) is 11.3. The lowest BCUT2D eigenvalue weighted by Gasteiger charge is -2.29. The van der Waals surface area contributed by atoms with E-state index in [4.69, 9.17) is 9.47 Å². The van der Waals surface area contributed by atoms with Gasteiger partial charge in [-0.3, -0.25) is 0 Å². The molecule has 1 N–H and O–H groups in total. The van der Waals surface area contributed by atoms with Crippen LogP contribution in [0, 0.1) is 5.92 Å². The zero-order valence-corrected chi connectivity index (χ0v) is 10.1. The fourth-order valence-corrected chi connectivity index (χ4v) is 1.89. The third kappa shape index (κ3) is 4.49. The van der Waals surface area contributed by atoms with Crippen molar-refractivity contribution in [3.8, 4) is 0 Å². The van der Waals surface area contributed by atoms with Crippen LogP contribution < -0.4 is 0 Å². The minimum atomic E-state index is -0.340. The predicted molar refractivity (Wildman–Crippen MR) is 59.8 cm³/mol. The molecule has 0 amide bonds. The number of ether oxygens (including phenoxy) is 2. The van der Waals surface area contributed by atoms with E-state index in [1.807, 2.05) is 13.8 Å². The van der Waals surface area contributed by atoms with Gasteiger partial charge >= 0.3 is 0 Å². The van der Waals surface area contributed by atoms with Crippen LogP contribution in [0.5, 0.6) is 0 Å². The molecule has 0 heterocycles. The fraction of sp³-hybridized carbons (Fsp3) is 1.00. The number of hydrogen-bond donors (Lipinski definition) is 1. The Morgan fingerprint density at radius 2 is 1.93 bits per heavy atom. The Morgan fingerprint density at radius 3 is 2.53 bits per heavy atom. The van der Waals surface area contributed by atoms with E-state index in [0.29, 0.717) is 12.7 Å². The van der Waals surface area contributed by atoms with Gasteiger partial charge in [0.2, 0.25) is 0 Å². The molecule has 1 fully saturated rings. The first-order chi connectivity index (χ1) is 7.13. The van der Waals surface area contributed by atoms with Crippen molar-refractivity contribution in [2.24, 2.45) is 5.92 Å². The Labute approximate surface area is 92.8 Å². The molecule has 1 saturated carbocycles. The molecule has 0 saturated heterocycles. The normalized spacial score (nSPS) is 29.4. The molecule has 0 aliphatic heterocycles. The minimum Gasteiger partial charge on any atom is -0.390 e. The fourth-order valence-electron chi connectivity index (χ4n) is 1.89. The lowest BCUT2D eigenvalue weighted by atomic mass is 9.95. The Morgan fingerprint density at radius 1 is 1.27 bits per heavy atom. The molecule has 3 unspecified atom stereocenters. The first-order valence-electron chi connectivity index (χ1n) is 5.96. The van der Waals surface area contributed by atoms with Crippen LogP contribution in [0.1, 0.15) is 39.5 Å². The molecule has 0 bridgehead atoms. The summed E-state index contributed by atoms with van der Waals surface area (Å²) < 4.78 is 11.0. The molecule has 1 aliphatic carbocycles. The van der Waals surface area contributed by atoms with Crippen LogP contribution in [0.15, 0.2) is 0 Å². The van der Waals surface area contributed by atoms with Gasteiger partial charge in [-0.05, 0) is 31.6 Å². The van der Waals surface area contributed by atoms with E-state index in [-0.39, 0.29) is 18.1 Å². The van der Waals surface area contributed by atoms with Gasteiger partial charge in [0.25, 0.3) is 0 Å². The molecule has 3 heteroatoms. The van der Waals surface area contributed by atoms with Crippen molar-refractivity contribution in [1.29, 1.82) is 0 Å². The highest BCUT2D eigenvalue weighted by atomic mass is 16.5. The lowest BCUT2D eigenvalue weighted by Crippen LogP contribution is -2.31. The maximum absolute atomic E-state index is 9.62. The average molecular weight is 216 g/mol. The molecule has 0 spiro atoms. The van der Waals surface area contributed by atoms with Gasteiger partial charge in [-0.2, -0.15) is 0 Å². The summed E-state index contributed by atoms with van der Waals surface area (Å²) in [7, 11) is 1.76. The summed E-state index contributed by atoms with van der Waals surface area (Å²) >= 11 is 0. The first kappa shape index (κ1) is 12.9. The molecule has 3 nitrogen and oxygen atoms in total. The molecular formula is C12H24O3. The van der Waals surface area contributed by atoms with E-state index in [9.17, 15) is 5.11 Å². The summed E-state index contributed by atoms with van der Waals surface area (Å²) in [5.41, 5.74) is 0. The highest BCUT2D eigenvalue weighted by Crippen LogP contribution is 2.23. The third-order valence-corrected chi connectivity index (χ3v) is 3.18. The largest absolute Gasteiger partial charge is 0.390 e. The molecule has 0 radical (unpaired) electrons. The molecular weight excluding hydrogens is 192 g/mol. The van der Waals surface area contributed by atoms with Crippen LogP contribution in [-0.2, 0) is 9.47 Å². The standard InChI is InChI=1S/C12H24O3/c1-9(2)12(13)8-15-11-6-4-5-10(7-11)14-3/h9-13H,4-8H2,1-3H3. The van der Waals surface area contributed by atoms with E-state index in [0.717, 1.165) is 19.3 Å². The molecule has 15 heavy (non-hydrogen) atoms. The van der Waals surface area contributed by atoms with Crippen LogP contribution in [0.25, 0.3) is 0 Å². The van der Waals surface area contributed by atoms with E-state index in [1.54, 1.807) is 7.11 Å². The van der Waals surface area contributed by atoms with E-state index in [1.165, 1.54) is 6.42 Å². The second-order valence-corrected chi connectivity index (χ2v) is 4.79. The lowest BCUT2D eigenvalue weighted by molar-refractivity contribution is -0.0645. The van der Waals surface area contributed by atoms with Crippen LogP contribution >= 0.6 is 0 Å². The molecule has 3 atom stereocenters. The Balaban J connectivity index is 2.20. The van der Waals surface area contributed by atoms with Crippen molar-refractivity contribution >= 4 is 0 Å². The van der Waals surface area contributed by atoms with Gasteiger partial charge < -0.3 is 14.6 Å². The van der Waals surface area contributed by atoms with Crippen molar-refractivity contribution in [1.82, 2.24) is 0 Å². The number of aliphatic hydroxyl groups excluding tert-OH is 1. The summed E-state index contributed by atoms with van der Waals surface area (Å²) in [5.74, 6) is 0.270. The van der Waals surface area contributed by atoms with E-state index >= 15 is 0 Å². The summed E-state index contributed by atoms with van der Waals surface area (Å²) in [6.07, 6.45) is 4.67. The van der Waals surface area contributed by atoms with E-state index < -0.39 is 0 Å². The Hall–Kier alpha value is -0.120. The van der Waals surface area contributed by atoms with Crippen LogP contribution in [0.2, 0.25) is 0 Å². The van der Waals surface area contributed by atoms with Gasteiger partial charge in [-0.25, -0.2) is 0 Å². The van der Waals surface area contributed by atoms with Crippen molar-refractivity contribution in [3.63, 3.8) is 0 Å². The first-order valence-corrected chi connectivity index (χ1v) is 5.96. The van der Waals surface area contributed by atoms with Gasteiger partial charge in [-0.15, -0.1) is 0 Å². The number of methoxy groups -OCH3 is 1. The zero-order valence-electron chi connectivity index (χ0n) is 10.1. The second-order valence-electron chi connectivity index (χ2n) is 4.79. The number of rotatable bonds is 5. The van der Waals surface area contributed by atoms with Crippen LogP contribution in [-0.4, -0.2) is 37.1 Å². The average Bonchev–Trinajstić information content (AvgIpc) is 2.26. The van der Waals surface area contributed by atoms with Crippen molar-refractivity contribution in [2.75, 3.05) is 13.7 Å². The highest BCUT2D eigenvalue weighted by molar-refractivity contribution is 4.74. The molecule has 1 aliphatic rings. The topological polar surface area (TPSA) is 38.7 Å². The summed E-state index contributed by atoms with van der Waals surface area (Å²) in [4.78, 5) is 0. The highest BCUT2D eigenvalue weighted by Gasteiger charge is 2.23. The molecule has 0 aromatic heterocycles. The van der Waals surface area contributed by atoms with Crippen LogP contribution in [0.3, 0.4) is 0 Å². The maximum atomic E-state index is 9.62. The Kier molecular flexibility index (Phi) is 5.58. The van der Waals surface area contributed by atoms with Gasteiger partial charge in [0.15, 0.2) is 0 Å². The minimum absolute atomic E-state index is 0.270. The van der Waals surface area contributed by atoms with Gasteiger partial charge in [0, 0.05) is 7.11 Å². The quantitative estimate of drug-likeness (QED) is 0.763. The van der Waals surface area contributed by atoms with Crippen LogP contribution in [0.4, 0.5) is 0 Å². The number of aliphatic hydroxyl groups is 1. The van der Waals surface area contributed by atoms with Gasteiger partial charge in [0.1, 0.15) is 0 Å². The molecule has 0 aromatic carbocycles. The summed E-state index contributed by atoms with van der Waals surface area (Å²) in [6.45, 7) is 4.47. The number of hydrogen-bond acceptors (Lipinski definition) is 3. The summed E-state index contributed by atoms with van der Waals surface area (Å²) in [5, 5.41) is 9.62. The van der Waals surface area contributed by atoms with E-state index in [2.05, 4.69) is 0 Å². The Bertz CT molecular complexity index is 170. The van der Waals surface area contributed by atoms with Gasteiger partial charge in [-0.1, -0.05) is 13.8 Å². The summed E-state index contributed by atoms with van der Waals surface area (Å²) in [6, 6.07) is 0. The predicted octanol–water partition coefficient (Wildman–Crippen LogP) is 1.98. The smallest absolute Gasteiger partial charge is 0.0796 e.